The highest BCUT2D eigenvalue weighted by molar-refractivity contribution is 7.99. The number of hydrogen-bond donors (Lipinski definition) is 2. The summed E-state index contributed by atoms with van der Waals surface area (Å²) >= 11 is 7.58. The molecule has 1 atom stereocenters. The molecule has 0 saturated heterocycles. The number of nitrogens with one attached hydrogen (secondary N) is 1. The van der Waals surface area contributed by atoms with Crippen LogP contribution in [0.2, 0.25) is 5.02 Å². The first-order valence-corrected chi connectivity index (χ1v) is 8.53. The minimum Gasteiger partial charge on any atom is -0.399 e. The summed E-state index contributed by atoms with van der Waals surface area (Å²) < 4.78 is 26.8. The summed E-state index contributed by atoms with van der Waals surface area (Å²) in [6.07, 6.45) is 0. The molecule has 1 unspecified atom stereocenters. The zero-order chi connectivity index (χ0) is 13.8. The minimum atomic E-state index is -3.59. The van der Waals surface area contributed by atoms with Gasteiger partial charge in [-0.25, -0.2) is 13.1 Å². The molecule has 0 bridgehead atoms. The lowest BCUT2D eigenvalue weighted by atomic mass is 10.3. The summed E-state index contributed by atoms with van der Waals surface area (Å²) in [5.41, 5.74) is 5.97. The fourth-order valence-electron chi connectivity index (χ4n) is 1.39. The first-order chi connectivity index (χ1) is 8.36. The second-order valence-corrected chi connectivity index (χ2v) is 7.28. The van der Waals surface area contributed by atoms with E-state index in [9.17, 15) is 8.42 Å². The Hall–Kier alpha value is -0.430. The van der Waals surface area contributed by atoms with Crippen molar-refractivity contribution < 1.29 is 8.42 Å². The number of hydrogen-bond acceptors (Lipinski definition) is 4. The largest absolute Gasteiger partial charge is 0.399 e. The summed E-state index contributed by atoms with van der Waals surface area (Å²) in [6, 6.07) is 4.22. The number of benzene rings is 1. The van der Waals surface area contributed by atoms with Gasteiger partial charge in [-0.05, 0) is 30.9 Å². The van der Waals surface area contributed by atoms with Gasteiger partial charge in [-0.2, -0.15) is 11.8 Å². The van der Waals surface area contributed by atoms with Gasteiger partial charge >= 0.3 is 0 Å². The lowest BCUT2D eigenvalue weighted by Crippen LogP contribution is -2.34. The average molecular weight is 309 g/mol. The van der Waals surface area contributed by atoms with Crippen molar-refractivity contribution in [2.75, 3.05) is 17.2 Å². The monoisotopic (exact) mass is 308 g/mol. The maximum Gasteiger partial charge on any atom is 0.242 e. The van der Waals surface area contributed by atoms with Crippen molar-refractivity contribution >= 4 is 39.1 Å². The molecule has 0 saturated carbocycles. The fraction of sp³-hybridized carbons (Fsp3) is 0.455. The maximum absolute atomic E-state index is 12.1. The van der Waals surface area contributed by atoms with Crippen LogP contribution in [0.5, 0.6) is 0 Å². The molecule has 102 valence electrons. The van der Waals surface area contributed by atoms with E-state index in [0.717, 1.165) is 11.5 Å². The predicted molar refractivity (Wildman–Crippen MR) is 78.6 cm³/mol. The van der Waals surface area contributed by atoms with E-state index in [1.807, 2.05) is 13.8 Å². The maximum atomic E-state index is 12.1. The highest BCUT2D eigenvalue weighted by Gasteiger charge is 2.20. The van der Waals surface area contributed by atoms with E-state index in [1.54, 1.807) is 11.8 Å². The van der Waals surface area contributed by atoms with Gasteiger partial charge in [0.05, 0.1) is 5.02 Å². The van der Waals surface area contributed by atoms with Crippen molar-refractivity contribution in [2.24, 2.45) is 0 Å². The molecule has 1 aromatic rings. The first-order valence-electron chi connectivity index (χ1n) is 5.52. The van der Waals surface area contributed by atoms with Crippen molar-refractivity contribution in [1.29, 1.82) is 0 Å². The van der Waals surface area contributed by atoms with E-state index >= 15 is 0 Å². The van der Waals surface area contributed by atoms with Crippen molar-refractivity contribution in [3.63, 3.8) is 0 Å². The Kier molecular flexibility index (Phi) is 5.78. The molecule has 0 spiro atoms. The molecule has 0 aliphatic carbocycles. The van der Waals surface area contributed by atoms with Crippen LogP contribution in [0.4, 0.5) is 5.69 Å². The first kappa shape index (κ1) is 15.6. The SMILES string of the molecule is CCSCC(C)NS(=O)(=O)c1ccc(N)cc1Cl. The van der Waals surface area contributed by atoms with Crippen molar-refractivity contribution in [3.05, 3.63) is 23.2 Å². The molecular formula is C11H17ClN2O2S2. The third-order valence-corrected chi connectivity index (χ3v) is 5.39. The number of halogens is 1. The van der Waals surface area contributed by atoms with E-state index in [4.69, 9.17) is 17.3 Å². The molecule has 18 heavy (non-hydrogen) atoms. The molecule has 0 aromatic heterocycles. The topological polar surface area (TPSA) is 72.2 Å². The molecule has 4 nitrogen and oxygen atoms in total. The molecule has 1 rings (SSSR count). The van der Waals surface area contributed by atoms with E-state index in [-0.39, 0.29) is 16.0 Å². The molecular weight excluding hydrogens is 292 g/mol. The van der Waals surface area contributed by atoms with Gasteiger partial charge in [0.1, 0.15) is 4.90 Å². The summed E-state index contributed by atoms with van der Waals surface area (Å²) in [6.45, 7) is 3.86. The minimum absolute atomic E-state index is 0.0618. The zero-order valence-corrected chi connectivity index (χ0v) is 12.7. The molecule has 1 aromatic carbocycles. The van der Waals surface area contributed by atoms with E-state index < -0.39 is 10.0 Å². The van der Waals surface area contributed by atoms with Crippen LogP contribution in [0.1, 0.15) is 13.8 Å². The number of anilines is 1. The summed E-state index contributed by atoms with van der Waals surface area (Å²) in [7, 11) is -3.59. The molecule has 3 N–H and O–H groups in total. The number of thioether (sulfide) groups is 1. The molecule has 0 radical (unpaired) electrons. The van der Waals surface area contributed by atoms with E-state index in [2.05, 4.69) is 4.72 Å². The lowest BCUT2D eigenvalue weighted by molar-refractivity contribution is 0.571. The van der Waals surface area contributed by atoms with Gasteiger partial charge in [0.25, 0.3) is 0 Å². The van der Waals surface area contributed by atoms with Crippen LogP contribution in [0, 0.1) is 0 Å². The second-order valence-electron chi connectivity index (χ2n) is 3.87. The van der Waals surface area contributed by atoms with Crippen molar-refractivity contribution in [3.8, 4) is 0 Å². The molecule has 0 amide bonds. The number of rotatable bonds is 6. The summed E-state index contributed by atoms with van der Waals surface area (Å²) in [5, 5.41) is 0.137. The van der Waals surface area contributed by atoms with Crippen molar-refractivity contribution in [2.45, 2.75) is 24.8 Å². The highest BCUT2D eigenvalue weighted by atomic mass is 35.5. The second kappa shape index (κ2) is 6.65. The Balaban J connectivity index is 2.86. The highest BCUT2D eigenvalue weighted by Crippen LogP contribution is 2.23. The molecule has 0 fully saturated rings. The Morgan fingerprint density at radius 1 is 1.50 bits per heavy atom. The molecule has 0 heterocycles. The third-order valence-electron chi connectivity index (χ3n) is 2.17. The van der Waals surface area contributed by atoms with Gasteiger partial charge in [-0.1, -0.05) is 18.5 Å². The van der Waals surface area contributed by atoms with Crippen LogP contribution in [-0.2, 0) is 10.0 Å². The standard InChI is InChI=1S/C11H17ClN2O2S2/c1-3-17-7-8(2)14-18(15,16)11-5-4-9(13)6-10(11)12/h4-6,8,14H,3,7,13H2,1-2H3. The zero-order valence-electron chi connectivity index (χ0n) is 10.3. The number of nitrogen functional groups attached to an aromatic ring is 1. The van der Waals surface area contributed by atoms with Gasteiger partial charge < -0.3 is 5.73 Å². The molecule has 7 heteroatoms. The Bertz CT molecular complexity index is 506. The van der Waals surface area contributed by atoms with Crippen LogP contribution in [-0.4, -0.2) is 26.0 Å². The fourth-order valence-corrected chi connectivity index (χ4v) is 3.97. The van der Waals surface area contributed by atoms with E-state index in [0.29, 0.717) is 5.69 Å². The van der Waals surface area contributed by atoms with Crippen LogP contribution >= 0.6 is 23.4 Å². The summed E-state index contributed by atoms with van der Waals surface area (Å²) in [4.78, 5) is 0.0618. The van der Waals surface area contributed by atoms with Gasteiger partial charge in [0.2, 0.25) is 10.0 Å². The van der Waals surface area contributed by atoms with Gasteiger partial charge in [-0.3, -0.25) is 0 Å². The Labute approximate surface area is 117 Å². The van der Waals surface area contributed by atoms with Crippen LogP contribution in [0.25, 0.3) is 0 Å². The average Bonchev–Trinajstić information content (AvgIpc) is 2.25. The lowest BCUT2D eigenvalue weighted by Gasteiger charge is -2.14. The molecule has 0 aliphatic rings. The van der Waals surface area contributed by atoms with Crippen LogP contribution in [0.15, 0.2) is 23.1 Å². The quantitative estimate of drug-likeness (QED) is 0.791. The normalized spacial score (nSPS) is 13.5. The predicted octanol–water partition coefficient (Wildman–Crippen LogP) is 2.34. The number of sulfonamides is 1. The van der Waals surface area contributed by atoms with Gasteiger partial charge in [0.15, 0.2) is 0 Å². The van der Waals surface area contributed by atoms with Crippen LogP contribution < -0.4 is 10.5 Å². The summed E-state index contributed by atoms with van der Waals surface area (Å²) in [5.74, 6) is 1.68. The van der Waals surface area contributed by atoms with Crippen LogP contribution in [0.3, 0.4) is 0 Å². The molecule has 0 aliphatic heterocycles. The van der Waals surface area contributed by atoms with Gasteiger partial charge in [-0.15, -0.1) is 0 Å². The Morgan fingerprint density at radius 2 is 2.17 bits per heavy atom. The number of nitrogens with two attached hydrogens (primary N) is 1. The van der Waals surface area contributed by atoms with Crippen molar-refractivity contribution in [1.82, 2.24) is 4.72 Å². The van der Waals surface area contributed by atoms with Gasteiger partial charge in [0, 0.05) is 17.5 Å². The smallest absolute Gasteiger partial charge is 0.242 e. The third kappa shape index (κ3) is 4.35. The van der Waals surface area contributed by atoms with E-state index in [1.165, 1.54) is 18.2 Å². The Morgan fingerprint density at radius 3 is 2.72 bits per heavy atom.